The fourth-order valence-electron chi connectivity index (χ4n) is 1.89. The number of nitrogens with one attached hydrogen (secondary N) is 1. The first-order valence-electron chi connectivity index (χ1n) is 7.03. The van der Waals surface area contributed by atoms with Crippen LogP contribution in [-0.2, 0) is 6.54 Å². The summed E-state index contributed by atoms with van der Waals surface area (Å²) in [6.07, 6.45) is 1.82. The molecule has 1 N–H and O–H groups in total. The molecule has 0 saturated carbocycles. The van der Waals surface area contributed by atoms with E-state index in [1.54, 1.807) is 11.3 Å². The lowest BCUT2D eigenvalue weighted by Gasteiger charge is -2.20. The van der Waals surface area contributed by atoms with Crippen LogP contribution in [0, 0.1) is 0 Å². The number of rotatable bonds is 4. The van der Waals surface area contributed by atoms with Crippen molar-refractivity contribution in [3.63, 3.8) is 0 Å². The van der Waals surface area contributed by atoms with Gasteiger partial charge in [0.05, 0.1) is 11.4 Å². The van der Waals surface area contributed by atoms with Crippen LogP contribution in [0.3, 0.4) is 0 Å². The molecule has 0 spiro atoms. The van der Waals surface area contributed by atoms with Crippen LogP contribution in [0.25, 0.3) is 10.7 Å². The summed E-state index contributed by atoms with van der Waals surface area (Å²) < 4.78 is 0. The Bertz CT molecular complexity index is 553. The second-order valence-electron chi connectivity index (χ2n) is 6.30. The zero-order chi connectivity index (χ0) is 14.8. The van der Waals surface area contributed by atoms with Gasteiger partial charge in [-0.05, 0) is 38.8 Å². The molecule has 20 heavy (non-hydrogen) atoms. The molecule has 0 unspecified atom stereocenters. The zero-order valence-corrected chi connectivity index (χ0v) is 13.7. The summed E-state index contributed by atoms with van der Waals surface area (Å²) >= 11 is 1.75. The highest BCUT2D eigenvalue weighted by molar-refractivity contribution is 7.15. The Morgan fingerprint density at radius 3 is 2.55 bits per heavy atom. The van der Waals surface area contributed by atoms with Gasteiger partial charge in [-0.25, -0.2) is 4.98 Å². The molecular formula is C16H23N3S. The van der Waals surface area contributed by atoms with E-state index in [4.69, 9.17) is 4.98 Å². The fraction of sp³-hybridized carbons (Fsp3) is 0.500. The van der Waals surface area contributed by atoms with E-state index in [0.29, 0.717) is 5.92 Å². The molecule has 0 saturated heterocycles. The average Bonchev–Trinajstić information content (AvgIpc) is 2.81. The number of hydrogen-bond acceptors (Lipinski definition) is 4. The molecule has 0 atom stereocenters. The lowest BCUT2D eigenvalue weighted by atomic mass is 10.1. The van der Waals surface area contributed by atoms with Gasteiger partial charge in [0.25, 0.3) is 0 Å². The molecule has 0 aliphatic rings. The zero-order valence-electron chi connectivity index (χ0n) is 12.9. The minimum atomic E-state index is 0.114. The Hall–Kier alpha value is -1.26. The Morgan fingerprint density at radius 1 is 1.25 bits per heavy atom. The van der Waals surface area contributed by atoms with Gasteiger partial charge in [-0.3, -0.25) is 4.98 Å². The average molecular weight is 289 g/mol. The molecule has 108 valence electrons. The van der Waals surface area contributed by atoms with E-state index < -0.39 is 0 Å². The molecule has 2 aromatic rings. The van der Waals surface area contributed by atoms with E-state index in [2.05, 4.69) is 44.9 Å². The van der Waals surface area contributed by atoms with Crippen molar-refractivity contribution in [2.45, 2.75) is 52.6 Å². The third-order valence-corrected chi connectivity index (χ3v) is 4.03. The molecule has 0 fully saturated rings. The Balaban J connectivity index is 2.29. The summed E-state index contributed by atoms with van der Waals surface area (Å²) in [4.78, 5) is 10.5. The van der Waals surface area contributed by atoms with Crippen LogP contribution in [0.4, 0.5) is 0 Å². The van der Waals surface area contributed by atoms with Crippen molar-refractivity contribution in [3.8, 4) is 10.7 Å². The first-order valence-corrected chi connectivity index (χ1v) is 7.84. The lowest BCUT2D eigenvalue weighted by Crippen LogP contribution is -2.35. The predicted molar refractivity (Wildman–Crippen MR) is 86.0 cm³/mol. The van der Waals surface area contributed by atoms with Gasteiger partial charge in [0, 0.05) is 23.2 Å². The molecule has 2 aromatic heterocycles. The van der Waals surface area contributed by atoms with E-state index in [-0.39, 0.29) is 5.54 Å². The normalized spacial score (nSPS) is 12.1. The molecule has 0 amide bonds. The van der Waals surface area contributed by atoms with Crippen molar-refractivity contribution in [1.82, 2.24) is 15.3 Å². The lowest BCUT2D eigenvalue weighted by molar-refractivity contribution is 0.425. The number of nitrogens with zero attached hydrogens (tertiary/aromatic N) is 2. The smallest absolute Gasteiger partial charge is 0.142 e. The summed E-state index contributed by atoms with van der Waals surface area (Å²) in [7, 11) is 0. The van der Waals surface area contributed by atoms with Crippen molar-refractivity contribution in [2.24, 2.45) is 0 Å². The second kappa shape index (κ2) is 6.02. The molecule has 2 rings (SSSR count). The second-order valence-corrected chi connectivity index (χ2v) is 7.38. The Labute approximate surface area is 125 Å². The summed E-state index contributed by atoms with van der Waals surface area (Å²) in [5.74, 6) is 0.431. The molecule has 0 aliphatic heterocycles. The van der Waals surface area contributed by atoms with Gasteiger partial charge in [-0.2, -0.15) is 0 Å². The van der Waals surface area contributed by atoms with Gasteiger partial charge >= 0.3 is 0 Å². The molecule has 0 aromatic carbocycles. The molecular weight excluding hydrogens is 266 g/mol. The van der Waals surface area contributed by atoms with E-state index in [1.165, 1.54) is 10.6 Å². The van der Waals surface area contributed by atoms with Crippen molar-refractivity contribution in [2.75, 3.05) is 0 Å². The van der Waals surface area contributed by atoms with Gasteiger partial charge in [0.2, 0.25) is 0 Å². The number of thiazole rings is 1. The van der Waals surface area contributed by atoms with Gasteiger partial charge < -0.3 is 5.32 Å². The topological polar surface area (TPSA) is 37.8 Å². The first kappa shape index (κ1) is 15.1. The Kier molecular flexibility index (Phi) is 4.55. The number of hydrogen-bond donors (Lipinski definition) is 1. The molecule has 2 heterocycles. The van der Waals surface area contributed by atoms with Gasteiger partial charge in [0.1, 0.15) is 5.01 Å². The van der Waals surface area contributed by atoms with Crippen molar-refractivity contribution in [3.05, 3.63) is 35.0 Å². The van der Waals surface area contributed by atoms with E-state index in [9.17, 15) is 0 Å². The van der Waals surface area contributed by atoms with Gasteiger partial charge in [-0.15, -0.1) is 11.3 Å². The van der Waals surface area contributed by atoms with E-state index in [0.717, 1.165) is 17.2 Å². The monoisotopic (exact) mass is 289 g/mol. The third-order valence-electron chi connectivity index (χ3n) is 2.94. The fourth-order valence-corrected chi connectivity index (χ4v) is 3.02. The summed E-state index contributed by atoms with van der Waals surface area (Å²) in [5.41, 5.74) is 2.26. The quantitative estimate of drug-likeness (QED) is 0.916. The van der Waals surface area contributed by atoms with Crippen LogP contribution in [0.1, 0.15) is 51.1 Å². The maximum Gasteiger partial charge on any atom is 0.142 e. The van der Waals surface area contributed by atoms with Crippen LogP contribution in [0.15, 0.2) is 24.4 Å². The Morgan fingerprint density at radius 2 is 2.00 bits per heavy atom. The molecule has 0 bridgehead atoms. The van der Waals surface area contributed by atoms with Gasteiger partial charge in [-0.1, -0.05) is 19.9 Å². The summed E-state index contributed by atoms with van der Waals surface area (Å²) in [5, 5.41) is 4.56. The minimum absolute atomic E-state index is 0.114. The maximum atomic E-state index is 4.80. The third kappa shape index (κ3) is 3.87. The SMILES string of the molecule is CC(C)c1nc(-c2ccccn2)sc1CNC(C)(C)C. The highest BCUT2D eigenvalue weighted by Gasteiger charge is 2.17. The van der Waals surface area contributed by atoms with Crippen LogP contribution in [0.5, 0.6) is 0 Å². The predicted octanol–water partition coefficient (Wildman–Crippen LogP) is 4.22. The molecule has 3 nitrogen and oxygen atoms in total. The molecule has 0 aliphatic carbocycles. The number of pyridine rings is 1. The molecule has 0 radical (unpaired) electrons. The highest BCUT2D eigenvalue weighted by Crippen LogP contribution is 2.31. The van der Waals surface area contributed by atoms with Crippen LogP contribution >= 0.6 is 11.3 Å². The minimum Gasteiger partial charge on any atom is -0.307 e. The summed E-state index contributed by atoms with van der Waals surface area (Å²) in [6, 6.07) is 5.96. The van der Waals surface area contributed by atoms with Crippen molar-refractivity contribution in [1.29, 1.82) is 0 Å². The first-order chi connectivity index (χ1) is 9.37. The molecule has 4 heteroatoms. The summed E-state index contributed by atoms with van der Waals surface area (Å²) in [6.45, 7) is 11.8. The van der Waals surface area contributed by atoms with E-state index >= 15 is 0 Å². The highest BCUT2D eigenvalue weighted by atomic mass is 32.1. The standard InChI is InChI=1S/C16H23N3S/c1-11(2)14-13(10-18-16(3,4)5)20-15(19-14)12-8-6-7-9-17-12/h6-9,11,18H,10H2,1-5H3. The van der Waals surface area contributed by atoms with Crippen LogP contribution < -0.4 is 5.32 Å². The largest absolute Gasteiger partial charge is 0.307 e. The van der Waals surface area contributed by atoms with E-state index in [1.807, 2.05) is 24.4 Å². The van der Waals surface area contributed by atoms with Gasteiger partial charge in [0.15, 0.2) is 0 Å². The number of aromatic nitrogens is 2. The van der Waals surface area contributed by atoms with Crippen LogP contribution in [0.2, 0.25) is 0 Å². The van der Waals surface area contributed by atoms with Crippen molar-refractivity contribution >= 4 is 11.3 Å². The van der Waals surface area contributed by atoms with Crippen molar-refractivity contribution < 1.29 is 0 Å². The van der Waals surface area contributed by atoms with Crippen LogP contribution in [-0.4, -0.2) is 15.5 Å². The maximum absolute atomic E-state index is 4.80.